The van der Waals surface area contributed by atoms with E-state index in [-0.39, 0.29) is 18.4 Å². The van der Waals surface area contributed by atoms with Gasteiger partial charge in [-0.2, -0.15) is 0 Å². The van der Waals surface area contributed by atoms with E-state index >= 15 is 0 Å². The molecule has 1 saturated heterocycles. The van der Waals surface area contributed by atoms with Crippen LogP contribution in [0.2, 0.25) is 0 Å². The Morgan fingerprint density at radius 1 is 1.25 bits per heavy atom. The first-order chi connectivity index (χ1) is 15.5. The molecule has 7 heteroatoms. The Morgan fingerprint density at radius 2 is 2.00 bits per heavy atom. The van der Waals surface area contributed by atoms with Crippen molar-refractivity contribution >= 4 is 16.8 Å². The summed E-state index contributed by atoms with van der Waals surface area (Å²) < 4.78 is 0. The number of amides is 1. The first-order valence-corrected chi connectivity index (χ1v) is 11.3. The van der Waals surface area contributed by atoms with E-state index in [1.54, 1.807) is 11.9 Å². The number of benzene rings is 1. The van der Waals surface area contributed by atoms with Crippen molar-refractivity contribution in [2.45, 2.75) is 38.6 Å². The number of aliphatic hydroxyl groups excluding tert-OH is 1. The number of rotatable bonds is 7. The quantitative estimate of drug-likeness (QED) is 0.616. The molecule has 1 fully saturated rings. The van der Waals surface area contributed by atoms with E-state index in [4.69, 9.17) is 4.98 Å². The highest BCUT2D eigenvalue weighted by atomic mass is 16.3. The average Bonchev–Trinajstić information content (AvgIpc) is 3.27. The molecule has 0 radical (unpaired) electrons. The number of nitrogens with zero attached hydrogens (tertiary/aromatic N) is 5. The third-order valence-corrected chi connectivity index (χ3v) is 6.09. The van der Waals surface area contributed by atoms with Crippen LogP contribution in [-0.2, 0) is 6.54 Å². The fourth-order valence-electron chi connectivity index (χ4n) is 4.26. The molecule has 0 spiro atoms. The Labute approximate surface area is 189 Å². The largest absolute Gasteiger partial charge is 0.395 e. The van der Waals surface area contributed by atoms with Crippen LogP contribution < -0.4 is 0 Å². The summed E-state index contributed by atoms with van der Waals surface area (Å²) in [6.07, 6.45) is 4.85. The summed E-state index contributed by atoms with van der Waals surface area (Å²) in [5.74, 6) is 1.38. The molecule has 3 heterocycles. The molecule has 0 aliphatic carbocycles. The van der Waals surface area contributed by atoms with Gasteiger partial charge in [-0.3, -0.25) is 14.7 Å². The second-order valence-corrected chi connectivity index (χ2v) is 8.89. The fourth-order valence-corrected chi connectivity index (χ4v) is 4.26. The van der Waals surface area contributed by atoms with E-state index in [0.717, 1.165) is 54.0 Å². The van der Waals surface area contributed by atoms with Gasteiger partial charge in [-0.25, -0.2) is 9.97 Å². The van der Waals surface area contributed by atoms with Gasteiger partial charge in [0.2, 0.25) is 0 Å². The Morgan fingerprint density at radius 3 is 2.72 bits per heavy atom. The highest BCUT2D eigenvalue weighted by Gasteiger charge is 2.27. The minimum Gasteiger partial charge on any atom is -0.395 e. The molecule has 0 bridgehead atoms. The zero-order valence-electron chi connectivity index (χ0n) is 19.0. The van der Waals surface area contributed by atoms with Crippen LogP contribution >= 0.6 is 0 Å². The fraction of sp³-hybridized carbons (Fsp3) is 0.440. The summed E-state index contributed by atoms with van der Waals surface area (Å²) in [6, 6.07) is 9.73. The predicted octanol–water partition coefficient (Wildman–Crippen LogP) is 3.20. The molecular weight excluding hydrogens is 402 g/mol. The third-order valence-electron chi connectivity index (χ3n) is 6.09. The Bertz CT molecular complexity index is 1080. The number of likely N-dealkylation sites (tertiary alicyclic amines) is 1. The minimum atomic E-state index is -0.0869. The van der Waals surface area contributed by atoms with E-state index in [2.05, 4.69) is 28.7 Å². The van der Waals surface area contributed by atoms with Crippen LogP contribution in [0.1, 0.15) is 59.5 Å². The monoisotopic (exact) mass is 433 g/mol. The van der Waals surface area contributed by atoms with Gasteiger partial charge in [0, 0.05) is 67.6 Å². The van der Waals surface area contributed by atoms with Crippen LogP contribution in [0.5, 0.6) is 0 Å². The molecule has 2 aromatic heterocycles. The van der Waals surface area contributed by atoms with Gasteiger partial charge in [0.05, 0.1) is 17.7 Å². The van der Waals surface area contributed by atoms with Crippen LogP contribution in [0.15, 0.2) is 42.7 Å². The molecular formula is C25H31N5O2. The lowest BCUT2D eigenvalue weighted by atomic mass is 9.99. The first-order valence-electron chi connectivity index (χ1n) is 11.3. The standard InChI is InChI=1S/C25H31N5O2/c1-17(2)24-26-13-18(14-27-24)15-30-9-8-19(16-30)23-12-21(25(32)29(3)10-11-31)20-6-4-5-7-22(20)28-23/h4-7,12-14,17,19,31H,8-11,15-16H2,1-3H3/t19-/m1/s1. The number of hydrogen-bond acceptors (Lipinski definition) is 6. The molecule has 1 atom stereocenters. The van der Waals surface area contributed by atoms with Crippen molar-refractivity contribution in [2.24, 2.45) is 0 Å². The van der Waals surface area contributed by atoms with Gasteiger partial charge in [-0.15, -0.1) is 0 Å². The molecule has 1 amide bonds. The van der Waals surface area contributed by atoms with Crippen molar-refractivity contribution < 1.29 is 9.90 Å². The second kappa shape index (κ2) is 9.71. The van der Waals surface area contributed by atoms with Crippen molar-refractivity contribution in [2.75, 3.05) is 33.3 Å². The third kappa shape index (κ3) is 4.79. The molecule has 1 aromatic carbocycles. The van der Waals surface area contributed by atoms with E-state index < -0.39 is 0 Å². The molecule has 32 heavy (non-hydrogen) atoms. The first kappa shape index (κ1) is 22.3. The highest BCUT2D eigenvalue weighted by molar-refractivity contribution is 6.06. The van der Waals surface area contributed by atoms with Crippen LogP contribution in [0.4, 0.5) is 0 Å². The maximum absolute atomic E-state index is 13.1. The summed E-state index contributed by atoms with van der Waals surface area (Å²) in [5, 5.41) is 10.1. The lowest BCUT2D eigenvalue weighted by molar-refractivity contribution is 0.0768. The van der Waals surface area contributed by atoms with Gasteiger partial charge in [0.25, 0.3) is 5.91 Å². The van der Waals surface area contributed by atoms with Gasteiger partial charge in [0.15, 0.2) is 0 Å². The topological polar surface area (TPSA) is 82.5 Å². The Kier molecular flexibility index (Phi) is 6.77. The number of likely N-dealkylation sites (N-methyl/N-ethyl adjacent to an activating group) is 1. The van der Waals surface area contributed by atoms with Gasteiger partial charge < -0.3 is 10.0 Å². The molecule has 7 nitrogen and oxygen atoms in total. The van der Waals surface area contributed by atoms with E-state index in [1.165, 1.54) is 0 Å². The lowest BCUT2D eigenvalue weighted by Gasteiger charge is -2.19. The van der Waals surface area contributed by atoms with Gasteiger partial charge in [0.1, 0.15) is 5.82 Å². The van der Waals surface area contributed by atoms with Crippen LogP contribution in [0.25, 0.3) is 10.9 Å². The van der Waals surface area contributed by atoms with E-state index in [0.29, 0.717) is 18.0 Å². The molecule has 168 valence electrons. The van der Waals surface area contributed by atoms with Crippen molar-refractivity contribution in [3.8, 4) is 0 Å². The number of para-hydroxylation sites is 1. The molecule has 1 aliphatic rings. The second-order valence-electron chi connectivity index (χ2n) is 8.89. The highest BCUT2D eigenvalue weighted by Crippen LogP contribution is 2.30. The number of fused-ring (bicyclic) bond motifs is 1. The zero-order chi connectivity index (χ0) is 22.7. The number of hydrogen-bond donors (Lipinski definition) is 1. The molecule has 0 unspecified atom stereocenters. The molecule has 4 rings (SSSR count). The minimum absolute atomic E-state index is 0.0580. The summed E-state index contributed by atoms with van der Waals surface area (Å²) in [5.41, 5.74) is 3.56. The van der Waals surface area contributed by atoms with Crippen molar-refractivity contribution in [1.29, 1.82) is 0 Å². The Hall–Kier alpha value is -2.90. The summed E-state index contributed by atoms with van der Waals surface area (Å²) in [6.45, 7) is 7.11. The predicted molar refractivity (Wildman–Crippen MR) is 125 cm³/mol. The number of aliphatic hydroxyl groups is 1. The van der Waals surface area contributed by atoms with Crippen LogP contribution in [0.3, 0.4) is 0 Å². The Balaban J connectivity index is 1.54. The van der Waals surface area contributed by atoms with Crippen LogP contribution in [-0.4, -0.2) is 69.1 Å². The molecule has 3 aromatic rings. The van der Waals surface area contributed by atoms with Crippen molar-refractivity contribution in [1.82, 2.24) is 24.8 Å². The maximum Gasteiger partial charge on any atom is 0.254 e. The number of aromatic nitrogens is 3. The van der Waals surface area contributed by atoms with Crippen molar-refractivity contribution in [3.63, 3.8) is 0 Å². The molecule has 1 N–H and O–H groups in total. The number of carbonyl (C=O) groups is 1. The van der Waals surface area contributed by atoms with Gasteiger partial charge in [-0.1, -0.05) is 32.0 Å². The average molecular weight is 434 g/mol. The lowest BCUT2D eigenvalue weighted by Crippen LogP contribution is -2.30. The smallest absolute Gasteiger partial charge is 0.254 e. The van der Waals surface area contributed by atoms with E-state index in [1.807, 2.05) is 42.7 Å². The maximum atomic E-state index is 13.1. The molecule has 1 aliphatic heterocycles. The summed E-state index contributed by atoms with van der Waals surface area (Å²) >= 11 is 0. The van der Waals surface area contributed by atoms with Gasteiger partial charge in [-0.05, 0) is 25.1 Å². The SMILES string of the molecule is CC(C)c1ncc(CN2CC[C@@H](c3cc(C(=O)N(C)CCO)c4ccccc4n3)C2)cn1. The summed E-state index contributed by atoms with van der Waals surface area (Å²) in [7, 11) is 1.72. The number of pyridine rings is 1. The van der Waals surface area contributed by atoms with Crippen LogP contribution in [0, 0.1) is 0 Å². The number of carbonyl (C=O) groups excluding carboxylic acids is 1. The molecule has 0 saturated carbocycles. The van der Waals surface area contributed by atoms with Crippen molar-refractivity contribution in [3.05, 3.63) is 65.4 Å². The normalized spacial score (nSPS) is 16.7. The summed E-state index contributed by atoms with van der Waals surface area (Å²) in [4.78, 5) is 30.9. The van der Waals surface area contributed by atoms with Gasteiger partial charge >= 0.3 is 0 Å². The zero-order valence-corrected chi connectivity index (χ0v) is 19.0. The van der Waals surface area contributed by atoms with E-state index in [9.17, 15) is 9.90 Å².